The summed E-state index contributed by atoms with van der Waals surface area (Å²) in [6, 6.07) is 25.6. The zero-order valence-corrected chi connectivity index (χ0v) is 19.7. The summed E-state index contributed by atoms with van der Waals surface area (Å²) < 4.78 is 13.5. The maximum atomic E-state index is 13.5. The van der Waals surface area contributed by atoms with Gasteiger partial charge in [-0.1, -0.05) is 67.6 Å². The van der Waals surface area contributed by atoms with Gasteiger partial charge in [0.05, 0.1) is 17.1 Å². The third kappa shape index (κ3) is 6.13. The maximum Gasteiger partial charge on any atom is 0.148 e. The average molecular weight is 456 g/mol. The molecule has 1 aliphatic rings. The molecule has 0 spiro atoms. The van der Waals surface area contributed by atoms with Gasteiger partial charge >= 0.3 is 0 Å². The summed E-state index contributed by atoms with van der Waals surface area (Å²) in [5, 5.41) is 3.17. The number of hydrogen-bond donors (Lipinski definition) is 1. The Kier molecular flexibility index (Phi) is 9.04. The molecule has 0 unspecified atom stereocenters. The van der Waals surface area contributed by atoms with Crippen molar-refractivity contribution in [2.75, 3.05) is 12.4 Å². The summed E-state index contributed by atoms with van der Waals surface area (Å²) in [7, 11) is 1.87. The molecular formula is C29H30FN3O. The first-order chi connectivity index (χ1) is 16.7. The number of aryl methyl sites for hydroxylation is 3. The highest BCUT2D eigenvalue weighted by atomic mass is 19.1. The zero-order chi connectivity index (χ0) is 24.3. The molecule has 0 saturated carbocycles. The number of carbonyl (C=O) groups excluding carboxylic acids is 1. The molecule has 34 heavy (non-hydrogen) atoms. The minimum atomic E-state index is -0.193. The summed E-state index contributed by atoms with van der Waals surface area (Å²) in [4.78, 5) is 17.7. The molecule has 1 N–H and O–H groups in total. The van der Waals surface area contributed by atoms with Crippen molar-refractivity contribution in [3.05, 3.63) is 113 Å². The monoisotopic (exact) mass is 455 g/mol. The van der Waals surface area contributed by atoms with Crippen molar-refractivity contribution in [2.24, 2.45) is 0 Å². The number of halogens is 1. The Labute approximate surface area is 200 Å². The predicted molar refractivity (Wildman–Crippen MR) is 137 cm³/mol. The van der Waals surface area contributed by atoms with Crippen LogP contribution in [0.5, 0.6) is 0 Å². The van der Waals surface area contributed by atoms with E-state index < -0.39 is 0 Å². The van der Waals surface area contributed by atoms with E-state index in [4.69, 9.17) is 14.8 Å². The number of aromatic nitrogens is 2. The molecule has 174 valence electrons. The molecule has 0 saturated heterocycles. The van der Waals surface area contributed by atoms with Crippen molar-refractivity contribution in [3.8, 4) is 11.3 Å². The summed E-state index contributed by atoms with van der Waals surface area (Å²) >= 11 is 0. The molecular weight excluding hydrogens is 425 g/mol. The molecule has 1 aromatic heterocycles. The molecule has 4 nitrogen and oxygen atoms in total. The standard InChI is InChI=1S/C20H18FN3.C8H10.CH2O/c1-22-20-18(11-13-5-3-2-4-6-13)23-19-16-9-8-15(21)12-14(16)7-10-17(19)24-20;1-2-8-6-4-3-5-7-8;1-2/h2-6,8-9,12H,7,10-11H2,1H3,(H,22,24);3-7H,2H2,1H3;1H2. The van der Waals surface area contributed by atoms with Gasteiger partial charge in [-0.15, -0.1) is 0 Å². The van der Waals surface area contributed by atoms with Crippen LogP contribution < -0.4 is 5.32 Å². The van der Waals surface area contributed by atoms with E-state index in [9.17, 15) is 4.39 Å². The Bertz CT molecular complexity index is 1200. The number of nitrogens with zero attached hydrogens (tertiary/aromatic N) is 2. The van der Waals surface area contributed by atoms with Crippen LogP contribution in [0.25, 0.3) is 11.3 Å². The number of rotatable bonds is 4. The first-order valence-electron chi connectivity index (χ1n) is 11.4. The van der Waals surface area contributed by atoms with E-state index in [2.05, 4.69) is 48.6 Å². The molecule has 4 aromatic rings. The SMILES string of the molecule is C=O.CCc1ccccc1.CNc1nc2c(nc1Cc1ccccc1)-c1ccc(F)cc1CC2. The fourth-order valence-electron chi connectivity index (χ4n) is 3.97. The fourth-order valence-corrected chi connectivity index (χ4v) is 3.97. The maximum absolute atomic E-state index is 13.5. The Balaban J connectivity index is 0.000000274. The average Bonchev–Trinajstić information content (AvgIpc) is 2.90. The minimum absolute atomic E-state index is 0.193. The van der Waals surface area contributed by atoms with Crippen molar-refractivity contribution in [3.63, 3.8) is 0 Å². The zero-order valence-electron chi connectivity index (χ0n) is 19.7. The van der Waals surface area contributed by atoms with Crippen LogP contribution >= 0.6 is 0 Å². The molecule has 0 aliphatic heterocycles. The largest absolute Gasteiger partial charge is 0.372 e. The van der Waals surface area contributed by atoms with E-state index in [1.807, 2.05) is 44.2 Å². The lowest BCUT2D eigenvalue weighted by Gasteiger charge is -2.20. The van der Waals surface area contributed by atoms with Crippen molar-refractivity contribution in [1.82, 2.24) is 9.97 Å². The molecule has 5 heteroatoms. The first-order valence-corrected chi connectivity index (χ1v) is 11.4. The Morgan fingerprint density at radius 2 is 1.53 bits per heavy atom. The van der Waals surface area contributed by atoms with Crippen LogP contribution in [0.15, 0.2) is 78.9 Å². The van der Waals surface area contributed by atoms with Crippen molar-refractivity contribution >= 4 is 12.6 Å². The van der Waals surface area contributed by atoms with Crippen LogP contribution in [0.2, 0.25) is 0 Å². The first kappa shape index (κ1) is 24.8. The van der Waals surface area contributed by atoms with Crippen molar-refractivity contribution in [2.45, 2.75) is 32.6 Å². The number of fused-ring (bicyclic) bond motifs is 3. The quantitative estimate of drug-likeness (QED) is 0.405. The summed E-state index contributed by atoms with van der Waals surface area (Å²) in [5.41, 5.74) is 7.41. The topological polar surface area (TPSA) is 54.9 Å². The molecule has 3 aromatic carbocycles. The molecule has 1 heterocycles. The normalized spacial score (nSPS) is 11.0. The van der Waals surface area contributed by atoms with Gasteiger partial charge in [-0.25, -0.2) is 14.4 Å². The van der Waals surface area contributed by atoms with Gasteiger partial charge in [0.25, 0.3) is 0 Å². The number of benzene rings is 3. The number of hydrogen-bond acceptors (Lipinski definition) is 4. The summed E-state index contributed by atoms with van der Waals surface area (Å²) in [5.74, 6) is 0.629. The lowest BCUT2D eigenvalue weighted by Crippen LogP contribution is -2.13. The minimum Gasteiger partial charge on any atom is -0.372 e. The van der Waals surface area contributed by atoms with E-state index in [1.165, 1.54) is 17.2 Å². The Morgan fingerprint density at radius 3 is 2.12 bits per heavy atom. The van der Waals surface area contributed by atoms with Gasteiger partial charge in [0.15, 0.2) is 0 Å². The van der Waals surface area contributed by atoms with E-state index in [-0.39, 0.29) is 5.82 Å². The summed E-state index contributed by atoms with van der Waals surface area (Å²) in [6.07, 6.45) is 3.45. The molecule has 0 amide bonds. The van der Waals surface area contributed by atoms with Crippen LogP contribution in [-0.4, -0.2) is 23.8 Å². The highest BCUT2D eigenvalue weighted by molar-refractivity contribution is 5.69. The molecule has 0 atom stereocenters. The van der Waals surface area contributed by atoms with Crippen LogP contribution in [-0.2, 0) is 30.5 Å². The molecule has 1 aliphatic carbocycles. The molecule has 0 radical (unpaired) electrons. The van der Waals surface area contributed by atoms with Gasteiger partial charge in [-0.2, -0.15) is 0 Å². The Morgan fingerprint density at radius 1 is 0.882 bits per heavy atom. The van der Waals surface area contributed by atoms with Crippen molar-refractivity contribution in [1.29, 1.82) is 0 Å². The Hall–Kier alpha value is -3.86. The second-order valence-corrected chi connectivity index (χ2v) is 7.87. The van der Waals surface area contributed by atoms with E-state index in [0.29, 0.717) is 6.42 Å². The second kappa shape index (κ2) is 12.4. The van der Waals surface area contributed by atoms with Crippen LogP contribution in [0, 0.1) is 5.82 Å². The van der Waals surface area contributed by atoms with Gasteiger partial charge in [-0.05, 0) is 54.2 Å². The number of carbonyl (C=O) groups is 1. The lowest BCUT2D eigenvalue weighted by atomic mass is 9.91. The highest BCUT2D eigenvalue weighted by Crippen LogP contribution is 2.33. The van der Waals surface area contributed by atoms with Crippen molar-refractivity contribution < 1.29 is 9.18 Å². The highest BCUT2D eigenvalue weighted by Gasteiger charge is 2.21. The van der Waals surface area contributed by atoms with Crippen LogP contribution in [0.4, 0.5) is 10.2 Å². The van der Waals surface area contributed by atoms with E-state index in [1.54, 1.807) is 6.07 Å². The molecule has 0 bridgehead atoms. The van der Waals surface area contributed by atoms with Gasteiger partial charge in [-0.3, -0.25) is 0 Å². The third-order valence-electron chi connectivity index (χ3n) is 5.70. The van der Waals surface area contributed by atoms with E-state index in [0.717, 1.165) is 53.3 Å². The van der Waals surface area contributed by atoms with Crippen LogP contribution in [0.1, 0.15) is 35.0 Å². The predicted octanol–water partition coefficient (Wildman–Crippen LogP) is 6.08. The van der Waals surface area contributed by atoms with Gasteiger partial charge < -0.3 is 10.1 Å². The smallest absolute Gasteiger partial charge is 0.148 e. The number of anilines is 1. The fraction of sp³-hybridized carbons (Fsp3) is 0.207. The van der Waals surface area contributed by atoms with Gasteiger partial charge in [0, 0.05) is 19.0 Å². The molecule has 5 rings (SSSR count). The van der Waals surface area contributed by atoms with Gasteiger partial charge in [0.1, 0.15) is 18.4 Å². The van der Waals surface area contributed by atoms with E-state index >= 15 is 0 Å². The van der Waals surface area contributed by atoms with Crippen LogP contribution in [0.3, 0.4) is 0 Å². The second-order valence-electron chi connectivity index (χ2n) is 7.87. The summed E-state index contributed by atoms with van der Waals surface area (Å²) in [6.45, 7) is 4.16. The third-order valence-corrected chi connectivity index (χ3v) is 5.70. The molecule has 0 fully saturated rings. The van der Waals surface area contributed by atoms with Gasteiger partial charge in [0.2, 0.25) is 0 Å². The number of nitrogens with one attached hydrogen (secondary N) is 1. The lowest BCUT2D eigenvalue weighted by molar-refractivity contribution is -0.0979.